The third-order valence-electron chi connectivity index (χ3n) is 2.41. The lowest BCUT2D eigenvalue weighted by atomic mass is 10.4. The molecule has 2 heterocycles. The smallest absolute Gasteiger partial charge is 0.262 e. The molecule has 0 fully saturated rings. The Kier molecular flexibility index (Phi) is 2.67. The molecule has 0 amide bonds. The molecule has 16 heavy (non-hydrogen) atoms. The van der Waals surface area contributed by atoms with Gasteiger partial charge in [0, 0.05) is 7.05 Å². The maximum absolute atomic E-state index is 5.92. The molecule has 2 rings (SSSR count). The van der Waals surface area contributed by atoms with Crippen molar-refractivity contribution in [3.63, 3.8) is 0 Å². The fourth-order valence-electron chi connectivity index (χ4n) is 1.34. The zero-order valence-corrected chi connectivity index (χ0v) is 10.6. The van der Waals surface area contributed by atoms with Crippen LogP contribution in [0.25, 0.3) is 0 Å². The average molecular weight is 238 g/mol. The molecule has 2 aromatic rings. The van der Waals surface area contributed by atoms with E-state index >= 15 is 0 Å². The fraction of sp³-hybridized carbons (Fsp3) is 0.400. The first-order valence-corrected chi connectivity index (χ1v) is 5.71. The van der Waals surface area contributed by atoms with Crippen molar-refractivity contribution in [2.24, 2.45) is 7.05 Å². The first-order chi connectivity index (χ1) is 7.49. The monoisotopic (exact) mass is 238 g/mol. The predicted octanol–water partition coefficient (Wildman–Crippen LogP) is 2.07. The SMILES string of the molecule is Cc1nc(Sc2c(N)c(C)nn2C)oc1C. The zero-order chi connectivity index (χ0) is 11.9. The van der Waals surface area contributed by atoms with Gasteiger partial charge >= 0.3 is 0 Å². The van der Waals surface area contributed by atoms with E-state index < -0.39 is 0 Å². The molecule has 0 atom stereocenters. The van der Waals surface area contributed by atoms with Gasteiger partial charge in [-0.3, -0.25) is 4.68 Å². The lowest BCUT2D eigenvalue weighted by molar-refractivity contribution is 0.430. The number of aromatic nitrogens is 3. The number of nitrogens with zero attached hydrogens (tertiary/aromatic N) is 3. The van der Waals surface area contributed by atoms with E-state index in [-0.39, 0.29) is 0 Å². The highest BCUT2D eigenvalue weighted by Crippen LogP contribution is 2.33. The highest BCUT2D eigenvalue weighted by Gasteiger charge is 2.15. The third-order valence-corrected chi connectivity index (χ3v) is 3.43. The van der Waals surface area contributed by atoms with Crippen molar-refractivity contribution in [1.82, 2.24) is 14.8 Å². The van der Waals surface area contributed by atoms with Gasteiger partial charge < -0.3 is 10.2 Å². The summed E-state index contributed by atoms with van der Waals surface area (Å²) in [6, 6.07) is 0. The molecule has 0 aliphatic rings. The van der Waals surface area contributed by atoms with Gasteiger partial charge in [-0.25, -0.2) is 4.98 Å². The number of hydrogen-bond donors (Lipinski definition) is 1. The van der Waals surface area contributed by atoms with Gasteiger partial charge in [-0.1, -0.05) is 0 Å². The number of oxazole rings is 1. The summed E-state index contributed by atoms with van der Waals surface area (Å²) in [5.41, 5.74) is 8.33. The number of anilines is 1. The first kappa shape index (κ1) is 11.1. The van der Waals surface area contributed by atoms with Crippen molar-refractivity contribution in [2.45, 2.75) is 31.0 Å². The van der Waals surface area contributed by atoms with Crippen molar-refractivity contribution < 1.29 is 4.42 Å². The Morgan fingerprint density at radius 3 is 2.38 bits per heavy atom. The summed E-state index contributed by atoms with van der Waals surface area (Å²) in [5, 5.41) is 5.70. The van der Waals surface area contributed by atoms with Gasteiger partial charge in [-0.05, 0) is 32.5 Å². The molecule has 2 N–H and O–H groups in total. The third kappa shape index (κ3) is 1.80. The van der Waals surface area contributed by atoms with Crippen molar-refractivity contribution in [3.8, 4) is 0 Å². The minimum absolute atomic E-state index is 0.602. The highest BCUT2D eigenvalue weighted by molar-refractivity contribution is 7.99. The maximum Gasteiger partial charge on any atom is 0.262 e. The molecular formula is C10H14N4OS. The Morgan fingerprint density at radius 1 is 1.25 bits per heavy atom. The van der Waals surface area contributed by atoms with Crippen LogP contribution < -0.4 is 5.73 Å². The quantitative estimate of drug-likeness (QED) is 0.867. The van der Waals surface area contributed by atoms with Crippen LogP contribution >= 0.6 is 11.8 Å². The fourth-order valence-corrected chi connectivity index (χ4v) is 2.29. The molecule has 0 spiro atoms. The Labute approximate surface area is 98.0 Å². The van der Waals surface area contributed by atoms with Crippen molar-refractivity contribution in [1.29, 1.82) is 0 Å². The van der Waals surface area contributed by atoms with Crippen LogP contribution in [-0.4, -0.2) is 14.8 Å². The second kappa shape index (κ2) is 3.86. The van der Waals surface area contributed by atoms with Crippen LogP contribution in [-0.2, 0) is 7.05 Å². The molecule has 86 valence electrons. The molecule has 5 nitrogen and oxygen atoms in total. The number of aryl methyl sites for hydroxylation is 4. The molecule has 0 aromatic carbocycles. The van der Waals surface area contributed by atoms with Crippen LogP contribution in [0.4, 0.5) is 5.69 Å². The lowest BCUT2D eigenvalue weighted by Crippen LogP contribution is -1.93. The maximum atomic E-state index is 5.92. The molecule has 0 bridgehead atoms. The van der Waals surface area contributed by atoms with Gasteiger partial charge in [0.05, 0.1) is 17.1 Å². The molecule has 0 saturated carbocycles. The normalized spacial score (nSPS) is 11.0. The summed E-state index contributed by atoms with van der Waals surface area (Å²) in [6.45, 7) is 5.69. The van der Waals surface area contributed by atoms with Gasteiger partial charge in [-0.2, -0.15) is 5.10 Å². The summed E-state index contributed by atoms with van der Waals surface area (Å²) in [4.78, 5) is 4.30. The van der Waals surface area contributed by atoms with Gasteiger partial charge in [0.1, 0.15) is 10.8 Å². The average Bonchev–Trinajstić information content (AvgIpc) is 2.63. The van der Waals surface area contributed by atoms with E-state index in [0.29, 0.717) is 10.9 Å². The number of hydrogen-bond acceptors (Lipinski definition) is 5. The van der Waals surface area contributed by atoms with Gasteiger partial charge in [0.15, 0.2) is 0 Å². The van der Waals surface area contributed by atoms with Crippen LogP contribution in [0, 0.1) is 20.8 Å². The number of rotatable bonds is 2. The summed E-state index contributed by atoms with van der Waals surface area (Å²) < 4.78 is 7.23. The van der Waals surface area contributed by atoms with E-state index in [2.05, 4.69) is 10.1 Å². The second-order valence-corrected chi connectivity index (χ2v) is 4.59. The van der Waals surface area contributed by atoms with Gasteiger partial charge in [-0.15, -0.1) is 0 Å². The van der Waals surface area contributed by atoms with Crippen molar-refractivity contribution >= 4 is 17.4 Å². The van der Waals surface area contributed by atoms with Crippen molar-refractivity contribution in [2.75, 3.05) is 5.73 Å². The molecule has 6 heteroatoms. The van der Waals surface area contributed by atoms with E-state index in [4.69, 9.17) is 10.2 Å². The summed E-state index contributed by atoms with van der Waals surface area (Å²) in [6.07, 6.45) is 0. The predicted molar refractivity (Wildman–Crippen MR) is 62.5 cm³/mol. The van der Waals surface area contributed by atoms with Crippen LogP contribution in [0.15, 0.2) is 14.7 Å². The minimum atomic E-state index is 0.602. The molecule has 0 aliphatic heterocycles. The summed E-state index contributed by atoms with van der Waals surface area (Å²) in [7, 11) is 1.86. The Hall–Kier alpha value is -1.43. The van der Waals surface area contributed by atoms with Crippen LogP contribution in [0.2, 0.25) is 0 Å². The Balaban J connectivity index is 2.33. The zero-order valence-electron chi connectivity index (χ0n) is 9.74. The van der Waals surface area contributed by atoms with Crippen molar-refractivity contribution in [3.05, 3.63) is 17.1 Å². The lowest BCUT2D eigenvalue weighted by Gasteiger charge is -1.98. The second-order valence-electron chi connectivity index (χ2n) is 3.65. The molecule has 0 unspecified atom stereocenters. The van der Waals surface area contributed by atoms with E-state index in [1.54, 1.807) is 4.68 Å². The minimum Gasteiger partial charge on any atom is -0.436 e. The van der Waals surface area contributed by atoms with Gasteiger partial charge in [0.25, 0.3) is 5.22 Å². The largest absolute Gasteiger partial charge is 0.436 e. The topological polar surface area (TPSA) is 69.9 Å². The molecule has 0 radical (unpaired) electrons. The number of nitrogens with two attached hydrogens (primary N) is 1. The summed E-state index contributed by atoms with van der Waals surface area (Å²) >= 11 is 1.39. The number of nitrogen functional groups attached to an aromatic ring is 1. The van der Waals surface area contributed by atoms with E-state index in [1.807, 2.05) is 27.8 Å². The summed E-state index contributed by atoms with van der Waals surface area (Å²) in [5.74, 6) is 0.833. The first-order valence-electron chi connectivity index (χ1n) is 4.90. The van der Waals surface area contributed by atoms with Crippen LogP contribution in [0.1, 0.15) is 17.1 Å². The van der Waals surface area contributed by atoms with E-state index in [0.717, 1.165) is 22.2 Å². The van der Waals surface area contributed by atoms with Crippen LogP contribution in [0.3, 0.4) is 0 Å². The Bertz CT molecular complexity index is 510. The molecule has 0 saturated heterocycles. The Morgan fingerprint density at radius 2 is 1.94 bits per heavy atom. The molecular weight excluding hydrogens is 224 g/mol. The molecule has 0 aliphatic carbocycles. The standard InChI is InChI=1S/C10H14N4OS/c1-5-7(3)15-10(12-5)16-9-8(11)6(2)13-14(9)4/h11H2,1-4H3. The van der Waals surface area contributed by atoms with E-state index in [1.165, 1.54) is 11.8 Å². The highest BCUT2D eigenvalue weighted by atomic mass is 32.2. The van der Waals surface area contributed by atoms with E-state index in [9.17, 15) is 0 Å². The van der Waals surface area contributed by atoms with Gasteiger partial charge in [0.2, 0.25) is 0 Å². The molecule has 2 aromatic heterocycles. The van der Waals surface area contributed by atoms with Crippen LogP contribution in [0.5, 0.6) is 0 Å².